The third kappa shape index (κ3) is 6.19. The molecule has 1 saturated heterocycles. The fourth-order valence-electron chi connectivity index (χ4n) is 3.74. The normalized spacial score (nSPS) is 16.5. The molecule has 33 heavy (non-hydrogen) atoms. The fourth-order valence-corrected chi connectivity index (χ4v) is 3.74. The largest absolute Gasteiger partial charge is 0.561 e. The van der Waals surface area contributed by atoms with Gasteiger partial charge in [0.1, 0.15) is 17.1 Å². The predicted octanol–water partition coefficient (Wildman–Crippen LogP) is 3.09. The zero-order valence-corrected chi connectivity index (χ0v) is 19.0. The molecule has 2 aromatic rings. The summed E-state index contributed by atoms with van der Waals surface area (Å²) in [4.78, 5) is 35.3. The Morgan fingerprint density at radius 2 is 1.82 bits per heavy atom. The Balaban J connectivity index is 1.51. The Hall–Kier alpha value is -3.20. The zero-order chi connectivity index (χ0) is 23.4. The highest BCUT2D eigenvalue weighted by Gasteiger charge is 2.33. The number of benzene rings is 1. The summed E-state index contributed by atoms with van der Waals surface area (Å²) in [7, 11) is 0. The van der Waals surface area contributed by atoms with Crippen LogP contribution in [0.5, 0.6) is 17.4 Å². The molecule has 0 unspecified atom stereocenters. The van der Waals surface area contributed by atoms with Crippen molar-refractivity contribution in [1.29, 1.82) is 0 Å². The Kier molecular flexibility index (Phi) is 7.08. The predicted molar refractivity (Wildman–Crippen MR) is 121 cm³/mol. The lowest BCUT2D eigenvalue weighted by Gasteiger charge is -2.28. The maximum atomic E-state index is 13.2. The van der Waals surface area contributed by atoms with Crippen molar-refractivity contribution < 1.29 is 28.9 Å². The molecule has 4 rings (SSSR count). The van der Waals surface area contributed by atoms with Gasteiger partial charge in [0.2, 0.25) is 11.8 Å². The Labute approximate surface area is 192 Å². The molecule has 1 amide bonds. The van der Waals surface area contributed by atoms with Crippen molar-refractivity contribution in [3.8, 4) is 17.4 Å². The van der Waals surface area contributed by atoms with Crippen LogP contribution >= 0.6 is 0 Å². The highest BCUT2D eigenvalue weighted by atomic mass is 16.5. The van der Waals surface area contributed by atoms with Gasteiger partial charge in [-0.3, -0.25) is 9.69 Å². The molecule has 1 saturated carbocycles. The quantitative estimate of drug-likeness (QED) is 0.533. The van der Waals surface area contributed by atoms with Gasteiger partial charge in [-0.15, -0.1) is 0 Å². The van der Waals surface area contributed by atoms with Crippen molar-refractivity contribution in [2.75, 3.05) is 24.7 Å². The van der Waals surface area contributed by atoms with Crippen molar-refractivity contribution in [2.45, 2.75) is 45.6 Å². The molecular formula is C24H30N3O6+. The van der Waals surface area contributed by atoms with Crippen LogP contribution in [0.15, 0.2) is 30.6 Å². The van der Waals surface area contributed by atoms with E-state index in [4.69, 9.17) is 19.3 Å². The van der Waals surface area contributed by atoms with Crippen molar-refractivity contribution in [1.82, 2.24) is 9.97 Å². The summed E-state index contributed by atoms with van der Waals surface area (Å²) < 4.78 is 16.8. The van der Waals surface area contributed by atoms with Crippen molar-refractivity contribution >= 4 is 17.7 Å². The van der Waals surface area contributed by atoms with Crippen LogP contribution in [0.4, 0.5) is 5.82 Å². The first-order valence-corrected chi connectivity index (χ1v) is 11.4. The molecule has 2 heterocycles. The van der Waals surface area contributed by atoms with Crippen LogP contribution in [0.2, 0.25) is 0 Å². The zero-order valence-electron chi connectivity index (χ0n) is 19.0. The summed E-state index contributed by atoms with van der Waals surface area (Å²) in [5, 5.41) is 7.41. The summed E-state index contributed by atoms with van der Waals surface area (Å²) in [6.45, 7) is 5.60. The van der Waals surface area contributed by atoms with E-state index in [0.29, 0.717) is 43.0 Å². The van der Waals surface area contributed by atoms with Gasteiger partial charge in [0.25, 0.3) is 0 Å². The SMILES string of the molecule is CC(C)Oc1cc(Oc2cnc(N(CC3CC3)C(=O)C3CCOCC3)cn2)cc(C(=O)[OH2+])c1. The highest BCUT2D eigenvalue weighted by molar-refractivity contribution is 5.94. The first kappa shape index (κ1) is 23.0. The maximum absolute atomic E-state index is 13.2. The van der Waals surface area contributed by atoms with Crippen LogP contribution < -0.4 is 14.4 Å². The number of hydrogen-bond donors (Lipinski definition) is 0. The lowest BCUT2D eigenvalue weighted by Crippen LogP contribution is -2.40. The number of aromatic nitrogens is 2. The third-order valence-corrected chi connectivity index (χ3v) is 5.60. The van der Waals surface area contributed by atoms with Crippen LogP contribution in [-0.2, 0) is 9.53 Å². The molecule has 0 spiro atoms. The summed E-state index contributed by atoms with van der Waals surface area (Å²) in [6.07, 6.45) is 6.60. The van der Waals surface area contributed by atoms with E-state index in [2.05, 4.69) is 9.97 Å². The van der Waals surface area contributed by atoms with Crippen molar-refractivity contribution in [3.63, 3.8) is 0 Å². The van der Waals surface area contributed by atoms with Crippen molar-refractivity contribution in [3.05, 3.63) is 36.2 Å². The van der Waals surface area contributed by atoms with Gasteiger partial charge in [0.15, 0.2) is 5.82 Å². The average Bonchev–Trinajstić information content (AvgIpc) is 3.62. The molecule has 0 bridgehead atoms. The second kappa shape index (κ2) is 10.2. The molecule has 9 nitrogen and oxygen atoms in total. The molecular weight excluding hydrogens is 426 g/mol. The Bertz CT molecular complexity index is 984. The van der Waals surface area contributed by atoms with Gasteiger partial charge in [-0.2, -0.15) is 0 Å². The van der Waals surface area contributed by atoms with Crippen LogP contribution in [0.25, 0.3) is 0 Å². The van der Waals surface area contributed by atoms with E-state index >= 15 is 0 Å². The summed E-state index contributed by atoms with van der Waals surface area (Å²) in [6, 6.07) is 4.61. The Morgan fingerprint density at radius 3 is 2.42 bits per heavy atom. The Morgan fingerprint density at radius 1 is 1.09 bits per heavy atom. The first-order valence-electron chi connectivity index (χ1n) is 11.4. The summed E-state index contributed by atoms with van der Waals surface area (Å²) in [5.74, 6) is 1.16. The van der Waals surface area contributed by atoms with E-state index in [1.165, 1.54) is 18.3 Å². The highest BCUT2D eigenvalue weighted by Crippen LogP contribution is 2.33. The van der Waals surface area contributed by atoms with Crippen LogP contribution in [0.1, 0.15) is 49.9 Å². The van der Waals surface area contributed by atoms with Gasteiger partial charge in [-0.05, 0) is 45.4 Å². The van der Waals surface area contributed by atoms with Gasteiger partial charge in [0.05, 0.1) is 18.5 Å². The number of anilines is 1. The standard InChI is InChI=1S/C24H29N3O6/c1-15(2)32-19-9-18(24(29)30)10-20(11-19)33-22-13-25-21(12-26-22)27(14-16-3-4-16)23(28)17-5-7-31-8-6-17/h9-13,15-17H,3-8,14H2,1-2H3,(H,29,30)/p+1. The number of ether oxygens (including phenoxy) is 3. The van der Waals surface area contributed by atoms with E-state index in [9.17, 15) is 9.59 Å². The molecule has 1 aromatic carbocycles. The number of carbonyl (C=O) groups excluding carboxylic acids is 2. The monoisotopic (exact) mass is 456 g/mol. The van der Waals surface area contributed by atoms with E-state index in [0.717, 1.165) is 25.7 Å². The molecule has 2 fully saturated rings. The second-order valence-electron chi connectivity index (χ2n) is 8.78. The smallest absolute Gasteiger partial charge is 0.549 e. The lowest BCUT2D eigenvalue weighted by molar-refractivity contribution is -0.125. The minimum absolute atomic E-state index is 0.0558. The maximum Gasteiger partial charge on any atom is 0.549 e. The molecule has 2 aliphatic rings. The molecule has 0 radical (unpaired) electrons. The first-order chi connectivity index (χ1) is 15.9. The molecule has 9 heteroatoms. The number of rotatable bonds is 9. The summed E-state index contributed by atoms with van der Waals surface area (Å²) >= 11 is 0. The van der Waals surface area contributed by atoms with Crippen LogP contribution in [-0.4, -0.2) is 52.8 Å². The molecule has 176 valence electrons. The van der Waals surface area contributed by atoms with Gasteiger partial charge >= 0.3 is 5.97 Å². The van der Waals surface area contributed by atoms with Gasteiger partial charge in [0, 0.05) is 48.7 Å². The fraction of sp³-hybridized carbons (Fsp3) is 0.500. The minimum Gasteiger partial charge on any atom is -0.561 e. The number of hydrogen-bond acceptors (Lipinski definition) is 7. The number of carbonyl (C=O) groups is 2. The van der Waals surface area contributed by atoms with E-state index in [1.54, 1.807) is 17.2 Å². The van der Waals surface area contributed by atoms with Gasteiger partial charge in [-0.1, -0.05) is 0 Å². The molecule has 0 atom stereocenters. The van der Waals surface area contributed by atoms with Crippen molar-refractivity contribution in [2.24, 2.45) is 11.8 Å². The van der Waals surface area contributed by atoms with E-state index in [-0.39, 0.29) is 29.4 Å². The topological polar surface area (TPSA) is 114 Å². The minimum atomic E-state index is -0.835. The lowest BCUT2D eigenvalue weighted by atomic mass is 9.98. The van der Waals surface area contributed by atoms with Gasteiger partial charge < -0.3 is 19.3 Å². The second-order valence-corrected chi connectivity index (χ2v) is 8.78. The third-order valence-electron chi connectivity index (χ3n) is 5.60. The summed E-state index contributed by atoms with van der Waals surface area (Å²) in [5.41, 5.74) is 0.158. The van der Waals surface area contributed by atoms with Crippen LogP contribution in [0, 0.1) is 11.8 Å². The van der Waals surface area contributed by atoms with Gasteiger partial charge in [-0.25, -0.2) is 9.97 Å². The number of amides is 1. The van der Waals surface area contributed by atoms with E-state index in [1.807, 2.05) is 13.8 Å². The number of nitrogens with zero attached hydrogens (tertiary/aromatic N) is 3. The van der Waals surface area contributed by atoms with Crippen LogP contribution in [0.3, 0.4) is 0 Å². The molecule has 1 aliphatic heterocycles. The average molecular weight is 457 g/mol. The molecule has 1 aromatic heterocycles. The van der Waals surface area contributed by atoms with E-state index < -0.39 is 5.97 Å². The molecule has 1 aliphatic carbocycles. The molecule has 2 N–H and O–H groups in total.